The van der Waals surface area contributed by atoms with E-state index in [-0.39, 0.29) is 0 Å². The summed E-state index contributed by atoms with van der Waals surface area (Å²) in [7, 11) is 2.21. The molecule has 0 spiro atoms. The number of hydrogen-bond donors (Lipinski definition) is 0. The quantitative estimate of drug-likeness (QED) is 0.665. The second-order valence-corrected chi connectivity index (χ2v) is 4.39. The van der Waals surface area contributed by atoms with Gasteiger partial charge in [-0.05, 0) is 45.8 Å². The summed E-state index contributed by atoms with van der Waals surface area (Å²) in [5.41, 5.74) is 0. The smallest absolute Gasteiger partial charge is 0.116 e. The van der Waals surface area contributed by atoms with Crippen molar-refractivity contribution in [1.29, 1.82) is 0 Å². The van der Waals surface area contributed by atoms with E-state index in [4.69, 9.17) is 4.79 Å². The second-order valence-electron chi connectivity index (χ2n) is 4.39. The van der Waals surface area contributed by atoms with Gasteiger partial charge in [-0.15, -0.1) is 0 Å². The van der Waals surface area contributed by atoms with Crippen LogP contribution in [0.3, 0.4) is 0 Å². The third-order valence-electron chi connectivity index (χ3n) is 2.92. The van der Waals surface area contributed by atoms with Crippen molar-refractivity contribution in [3.8, 4) is 0 Å². The second kappa shape index (κ2) is 21.9. The van der Waals surface area contributed by atoms with Gasteiger partial charge in [0.15, 0.2) is 0 Å². The first-order valence-electron chi connectivity index (χ1n) is 7.74. The van der Waals surface area contributed by atoms with Gasteiger partial charge in [0.25, 0.3) is 0 Å². The summed E-state index contributed by atoms with van der Waals surface area (Å²) in [5, 5.41) is 0. The maximum atomic E-state index is 8.81. The summed E-state index contributed by atoms with van der Waals surface area (Å²) < 4.78 is 0. The normalized spacial score (nSPS) is 15.1. The molecule has 0 N–H and O–H groups in total. The lowest BCUT2D eigenvalue weighted by Gasteiger charge is -2.27. The van der Waals surface area contributed by atoms with Gasteiger partial charge < -0.3 is 9.69 Å². The Morgan fingerprint density at radius 2 is 1.39 bits per heavy atom. The molecule has 0 saturated carbocycles. The molecule has 0 unspecified atom stereocenters. The predicted octanol–water partition coefficient (Wildman–Crippen LogP) is 4.78. The van der Waals surface area contributed by atoms with E-state index in [0.29, 0.717) is 0 Å². The molecular weight excluding hydrogens is 222 g/mol. The Hall–Kier alpha value is -0.370. The Balaban J connectivity index is -0.000000212. The summed E-state index contributed by atoms with van der Waals surface area (Å²) in [6.45, 7) is 14.7. The molecule has 2 heteroatoms. The molecular formula is C16H37NO. The predicted molar refractivity (Wildman–Crippen MR) is 84.2 cm³/mol. The number of unbranched alkanes of at least 4 members (excludes halogenated alkanes) is 1. The molecule has 0 aromatic rings. The molecule has 0 bridgehead atoms. The number of carbonyl (C=O) groups excluding carboxylic acids is 1. The van der Waals surface area contributed by atoms with Crippen molar-refractivity contribution < 1.29 is 4.79 Å². The molecule has 0 aromatic carbocycles. The van der Waals surface area contributed by atoms with Gasteiger partial charge in [-0.3, -0.25) is 0 Å². The fraction of sp³-hybridized carbons (Fsp3) is 0.938. The van der Waals surface area contributed by atoms with E-state index in [1.54, 1.807) is 0 Å². The standard InChI is InChI=1S/C8H17N.C4H10.C2H4O.C2H6/c1-3-8-4-6-9(2)7-5-8;1-3-4-2;1-2-3;1-2/h8H,3-7H2,1-2H3;3-4H2,1-2H3;2H,1H3;1-2H3. The maximum absolute atomic E-state index is 8.81. The molecule has 112 valence electrons. The molecule has 0 radical (unpaired) electrons. The van der Waals surface area contributed by atoms with Crippen LogP contribution in [0.2, 0.25) is 0 Å². The Kier molecular flexibility index (Phi) is 27.7. The van der Waals surface area contributed by atoms with Gasteiger partial charge in [-0.2, -0.15) is 0 Å². The number of aldehydes is 1. The van der Waals surface area contributed by atoms with Crippen molar-refractivity contribution in [2.45, 2.75) is 73.6 Å². The minimum Gasteiger partial charge on any atom is -0.306 e. The van der Waals surface area contributed by atoms with Crippen LogP contribution in [-0.4, -0.2) is 31.3 Å². The molecule has 18 heavy (non-hydrogen) atoms. The van der Waals surface area contributed by atoms with E-state index in [0.717, 1.165) is 12.2 Å². The number of nitrogens with zero attached hydrogens (tertiary/aromatic N) is 1. The van der Waals surface area contributed by atoms with Crippen LogP contribution in [0.25, 0.3) is 0 Å². The zero-order valence-corrected chi connectivity index (χ0v) is 14.0. The van der Waals surface area contributed by atoms with E-state index < -0.39 is 0 Å². The monoisotopic (exact) mass is 259 g/mol. The van der Waals surface area contributed by atoms with Crippen LogP contribution in [0, 0.1) is 5.92 Å². The molecule has 1 saturated heterocycles. The minimum absolute atomic E-state index is 0.750. The van der Waals surface area contributed by atoms with Gasteiger partial charge in [-0.25, -0.2) is 0 Å². The van der Waals surface area contributed by atoms with Gasteiger partial charge in [0, 0.05) is 0 Å². The van der Waals surface area contributed by atoms with Crippen LogP contribution in [0.5, 0.6) is 0 Å². The molecule has 1 heterocycles. The fourth-order valence-electron chi connectivity index (χ4n) is 1.47. The molecule has 2 nitrogen and oxygen atoms in total. The third-order valence-corrected chi connectivity index (χ3v) is 2.92. The van der Waals surface area contributed by atoms with Crippen LogP contribution in [0.1, 0.15) is 73.6 Å². The first-order chi connectivity index (χ1) is 8.65. The largest absolute Gasteiger partial charge is 0.306 e. The maximum Gasteiger partial charge on any atom is 0.116 e. The number of piperidine rings is 1. The SMILES string of the molecule is CC.CC=O.CCC1CCN(C)CC1.CCCC. The van der Waals surface area contributed by atoms with Crippen molar-refractivity contribution in [3.63, 3.8) is 0 Å². The zero-order valence-electron chi connectivity index (χ0n) is 14.0. The minimum atomic E-state index is 0.750. The van der Waals surface area contributed by atoms with Gasteiger partial charge in [-0.1, -0.05) is 53.9 Å². The third kappa shape index (κ3) is 21.0. The van der Waals surface area contributed by atoms with Crippen LogP contribution < -0.4 is 0 Å². The lowest BCUT2D eigenvalue weighted by molar-refractivity contribution is -0.106. The van der Waals surface area contributed by atoms with Gasteiger partial charge in [0.05, 0.1) is 0 Å². The summed E-state index contributed by atoms with van der Waals surface area (Å²) in [6, 6.07) is 0. The van der Waals surface area contributed by atoms with Crippen LogP contribution in [0.15, 0.2) is 0 Å². The fourth-order valence-corrected chi connectivity index (χ4v) is 1.47. The summed E-state index contributed by atoms with van der Waals surface area (Å²) in [6.07, 6.45) is 7.62. The average Bonchev–Trinajstić information content (AvgIpc) is 2.43. The van der Waals surface area contributed by atoms with Crippen molar-refractivity contribution in [2.24, 2.45) is 5.92 Å². The molecule has 0 aliphatic carbocycles. The van der Waals surface area contributed by atoms with Gasteiger partial charge in [0.2, 0.25) is 0 Å². The molecule has 0 atom stereocenters. The highest BCUT2D eigenvalue weighted by atomic mass is 16.1. The Bertz CT molecular complexity index is 127. The average molecular weight is 259 g/mol. The number of hydrogen-bond acceptors (Lipinski definition) is 2. The van der Waals surface area contributed by atoms with E-state index in [9.17, 15) is 0 Å². The Morgan fingerprint density at radius 1 is 1.06 bits per heavy atom. The topological polar surface area (TPSA) is 20.3 Å². The van der Waals surface area contributed by atoms with Gasteiger partial charge >= 0.3 is 0 Å². The van der Waals surface area contributed by atoms with Crippen molar-refractivity contribution in [2.75, 3.05) is 20.1 Å². The molecule has 0 amide bonds. The van der Waals surface area contributed by atoms with Gasteiger partial charge in [0.1, 0.15) is 6.29 Å². The molecule has 1 aliphatic heterocycles. The van der Waals surface area contributed by atoms with Crippen LogP contribution in [-0.2, 0) is 4.79 Å². The number of rotatable bonds is 2. The lowest BCUT2D eigenvalue weighted by Crippen LogP contribution is -2.29. The van der Waals surface area contributed by atoms with Crippen molar-refractivity contribution >= 4 is 6.29 Å². The first-order valence-corrected chi connectivity index (χ1v) is 7.74. The summed E-state index contributed by atoms with van der Waals surface area (Å²) in [5.74, 6) is 1.03. The molecule has 1 rings (SSSR count). The first kappa shape index (κ1) is 22.8. The van der Waals surface area contributed by atoms with E-state index in [1.807, 2.05) is 13.8 Å². The highest BCUT2D eigenvalue weighted by molar-refractivity contribution is 5.44. The Labute approximate surface area is 116 Å². The highest BCUT2D eigenvalue weighted by Crippen LogP contribution is 2.18. The molecule has 1 fully saturated rings. The zero-order chi connectivity index (χ0) is 14.8. The van der Waals surface area contributed by atoms with E-state index in [1.165, 1.54) is 52.1 Å². The molecule has 0 aromatic heterocycles. The Morgan fingerprint density at radius 3 is 1.61 bits per heavy atom. The van der Waals surface area contributed by atoms with Crippen LogP contribution in [0.4, 0.5) is 0 Å². The lowest BCUT2D eigenvalue weighted by atomic mass is 9.95. The van der Waals surface area contributed by atoms with Crippen molar-refractivity contribution in [1.82, 2.24) is 4.90 Å². The van der Waals surface area contributed by atoms with Crippen LogP contribution >= 0.6 is 0 Å². The highest BCUT2D eigenvalue weighted by Gasteiger charge is 2.13. The summed E-state index contributed by atoms with van der Waals surface area (Å²) >= 11 is 0. The number of carbonyl (C=O) groups is 1. The summed E-state index contributed by atoms with van der Waals surface area (Å²) in [4.78, 5) is 11.2. The van der Waals surface area contributed by atoms with E-state index >= 15 is 0 Å². The molecule has 1 aliphatic rings. The van der Waals surface area contributed by atoms with Crippen molar-refractivity contribution in [3.05, 3.63) is 0 Å². The number of likely N-dealkylation sites (tertiary alicyclic amines) is 1. The van der Waals surface area contributed by atoms with E-state index in [2.05, 4.69) is 32.7 Å².